The van der Waals surface area contributed by atoms with Crippen LogP contribution < -0.4 is 4.90 Å². The topological polar surface area (TPSA) is 70.1 Å². The number of piperidine rings is 1. The fraction of sp³-hybridized carbons (Fsp3) is 0.556. The minimum atomic E-state index is -1.46. The zero-order valence-corrected chi connectivity index (χ0v) is 14.0. The van der Waals surface area contributed by atoms with Gasteiger partial charge >= 0.3 is 5.97 Å². The van der Waals surface area contributed by atoms with Crippen LogP contribution in [0.4, 0.5) is 5.69 Å². The van der Waals surface area contributed by atoms with Crippen LogP contribution in [0.3, 0.4) is 0 Å². The quantitative estimate of drug-likeness (QED) is 0.842. The van der Waals surface area contributed by atoms with E-state index in [1.807, 2.05) is 30.3 Å². The summed E-state index contributed by atoms with van der Waals surface area (Å²) >= 11 is 0. The summed E-state index contributed by atoms with van der Waals surface area (Å²) < 4.78 is 4.66. The van der Waals surface area contributed by atoms with Gasteiger partial charge in [-0.05, 0) is 25.0 Å². The standard InChI is InChI=1S/C18H24N2O4/c1-24-17(22)18(23)9-12-19(13-10-18)16(21)15-8-5-11-20(15)14-6-3-2-4-7-14/h2-4,6-7,15,23H,5,8-13H2,1H3. The number of likely N-dealkylation sites (tertiary alicyclic amines) is 1. The van der Waals surface area contributed by atoms with Crippen LogP contribution in [0.2, 0.25) is 0 Å². The van der Waals surface area contributed by atoms with Gasteiger partial charge in [0.1, 0.15) is 6.04 Å². The number of rotatable bonds is 3. The molecule has 1 aromatic carbocycles. The van der Waals surface area contributed by atoms with Gasteiger partial charge in [0.25, 0.3) is 0 Å². The molecule has 2 heterocycles. The Bertz CT molecular complexity index is 596. The predicted molar refractivity (Wildman–Crippen MR) is 89.6 cm³/mol. The van der Waals surface area contributed by atoms with E-state index in [0.717, 1.165) is 25.1 Å². The van der Waals surface area contributed by atoms with E-state index in [-0.39, 0.29) is 24.8 Å². The number of methoxy groups -OCH3 is 1. The number of benzene rings is 1. The molecule has 0 bridgehead atoms. The second kappa shape index (κ2) is 6.81. The molecule has 1 N–H and O–H groups in total. The normalized spacial score (nSPS) is 23.2. The Labute approximate surface area is 142 Å². The van der Waals surface area contributed by atoms with Crippen LogP contribution in [0.5, 0.6) is 0 Å². The van der Waals surface area contributed by atoms with Gasteiger partial charge in [-0.1, -0.05) is 18.2 Å². The molecule has 0 radical (unpaired) electrons. The van der Waals surface area contributed by atoms with Crippen molar-refractivity contribution in [3.8, 4) is 0 Å². The number of aliphatic hydroxyl groups is 1. The van der Waals surface area contributed by atoms with E-state index in [9.17, 15) is 14.7 Å². The van der Waals surface area contributed by atoms with Crippen LogP contribution in [-0.4, -0.2) is 60.3 Å². The molecule has 2 aliphatic heterocycles. The lowest BCUT2D eigenvalue weighted by Crippen LogP contribution is -2.54. The molecule has 2 aliphatic rings. The largest absolute Gasteiger partial charge is 0.467 e. The molecule has 24 heavy (non-hydrogen) atoms. The number of carbonyl (C=O) groups excluding carboxylic acids is 2. The van der Waals surface area contributed by atoms with Crippen molar-refractivity contribution in [1.29, 1.82) is 0 Å². The Hall–Kier alpha value is -2.08. The Morgan fingerprint density at radius 2 is 1.83 bits per heavy atom. The molecule has 1 aromatic rings. The third kappa shape index (κ3) is 3.11. The van der Waals surface area contributed by atoms with E-state index < -0.39 is 11.6 Å². The highest BCUT2D eigenvalue weighted by molar-refractivity contribution is 5.86. The highest BCUT2D eigenvalue weighted by atomic mass is 16.5. The van der Waals surface area contributed by atoms with Gasteiger partial charge in [-0.15, -0.1) is 0 Å². The summed E-state index contributed by atoms with van der Waals surface area (Å²) in [5, 5.41) is 10.3. The molecule has 0 aliphatic carbocycles. The van der Waals surface area contributed by atoms with Gasteiger partial charge in [-0.2, -0.15) is 0 Å². The molecule has 1 unspecified atom stereocenters. The minimum absolute atomic E-state index is 0.0864. The Kier molecular flexibility index (Phi) is 4.76. The Morgan fingerprint density at radius 3 is 2.46 bits per heavy atom. The maximum absolute atomic E-state index is 12.9. The van der Waals surface area contributed by atoms with Crippen LogP contribution in [0.15, 0.2) is 30.3 Å². The number of para-hydroxylation sites is 1. The predicted octanol–water partition coefficient (Wildman–Crippen LogP) is 1.18. The SMILES string of the molecule is COC(=O)C1(O)CCN(C(=O)C2CCCN2c2ccccc2)CC1. The number of amides is 1. The van der Waals surface area contributed by atoms with Crippen LogP contribution in [0.25, 0.3) is 0 Å². The molecule has 1 amide bonds. The molecule has 6 nitrogen and oxygen atoms in total. The molecule has 3 rings (SSSR count). The number of carbonyl (C=O) groups is 2. The minimum Gasteiger partial charge on any atom is -0.467 e. The van der Waals surface area contributed by atoms with Crippen molar-refractivity contribution in [1.82, 2.24) is 4.90 Å². The Morgan fingerprint density at radius 1 is 1.17 bits per heavy atom. The van der Waals surface area contributed by atoms with Crippen molar-refractivity contribution in [3.63, 3.8) is 0 Å². The lowest BCUT2D eigenvalue weighted by molar-refractivity contribution is -0.169. The molecule has 6 heteroatoms. The van der Waals surface area contributed by atoms with Gasteiger partial charge in [-0.25, -0.2) is 4.79 Å². The van der Waals surface area contributed by atoms with E-state index in [1.54, 1.807) is 4.90 Å². The van der Waals surface area contributed by atoms with Gasteiger partial charge in [-0.3, -0.25) is 4.79 Å². The summed E-state index contributed by atoms with van der Waals surface area (Å²) in [7, 11) is 1.27. The van der Waals surface area contributed by atoms with E-state index >= 15 is 0 Å². The number of esters is 1. The first-order valence-corrected chi connectivity index (χ1v) is 8.46. The third-order valence-corrected chi connectivity index (χ3v) is 5.09. The Balaban J connectivity index is 1.66. The number of ether oxygens (including phenoxy) is 1. The lowest BCUT2D eigenvalue weighted by Gasteiger charge is -2.38. The zero-order chi connectivity index (χ0) is 17.2. The van der Waals surface area contributed by atoms with E-state index in [0.29, 0.717) is 13.1 Å². The highest BCUT2D eigenvalue weighted by Gasteiger charge is 2.43. The fourth-order valence-corrected chi connectivity index (χ4v) is 3.65. The van der Waals surface area contributed by atoms with Crippen molar-refractivity contribution >= 4 is 17.6 Å². The number of nitrogens with zero attached hydrogens (tertiary/aromatic N) is 2. The summed E-state index contributed by atoms with van der Waals surface area (Å²) in [4.78, 5) is 28.5. The maximum Gasteiger partial charge on any atom is 0.337 e. The van der Waals surface area contributed by atoms with Crippen molar-refractivity contribution in [2.75, 3.05) is 31.6 Å². The molecule has 130 valence electrons. The second-order valence-electron chi connectivity index (χ2n) is 6.54. The number of anilines is 1. The molecular formula is C18H24N2O4. The van der Waals surface area contributed by atoms with Crippen LogP contribution in [0, 0.1) is 0 Å². The second-order valence-corrected chi connectivity index (χ2v) is 6.54. The first-order chi connectivity index (χ1) is 11.5. The van der Waals surface area contributed by atoms with Gasteiger partial charge in [0, 0.05) is 38.2 Å². The average Bonchev–Trinajstić information content (AvgIpc) is 3.11. The van der Waals surface area contributed by atoms with Gasteiger partial charge < -0.3 is 19.6 Å². The lowest BCUT2D eigenvalue weighted by atomic mass is 9.91. The fourth-order valence-electron chi connectivity index (χ4n) is 3.65. The average molecular weight is 332 g/mol. The molecule has 0 spiro atoms. The van der Waals surface area contributed by atoms with Crippen LogP contribution in [0.1, 0.15) is 25.7 Å². The van der Waals surface area contributed by atoms with Gasteiger partial charge in [0.05, 0.1) is 7.11 Å². The first kappa shape index (κ1) is 16.8. The molecule has 1 atom stereocenters. The van der Waals surface area contributed by atoms with E-state index in [1.165, 1.54) is 7.11 Å². The first-order valence-electron chi connectivity index (χ1n) is 8.46. The summed E-state index contributed by atoms with van der Waals surface area (Å²) in [6.07, 6.45) is 2.28. The number of hydrogen-bond acceptors (Lipinski definition) is 5. The van der Waals surface area contributed by atoms with Gasteiger partial charge in [0.2, 0.25) is 5.91 Å². The van der Waals surface area contributed by atoms with E-state index in [4.69, 9.17) is 0 Å². The van der Waals surface area contributed by atoms with Crippen molar-refractivity contribution in [2.24, 2.45) is 0 Å². The monoisotopic (exact) mass is 332 g/mol. The van der Waals surface area contributed by atoms with Crippen LogP contribution in [-0.2, 0) is 14.3 Å². The smallest absolute Gasteiger partial charge is 0.337 e. The molecule has 2 fully saturated rings. The molecule has 0 aromatic heterocycles. The summed E-state index contributed by atoms with van der Waals surface area (Å²) in [5.74, 6) is -0.523. The van der Waals surface area contributed by atoms with Gasteiger partial charge in [0.15, 0.2) is 5.60 Å². The van der Waals surface area contributed by atoms with Crippen molar-refractivity contribution < 1.29 is 19.4 Å². The number of hydrogen-bond donors (Lipinski definition) is 1. The molecule has 2 saturated heterocycles. The van der Waals surface area contributed by atoms with Crippen molar-refractivity contribution in [3.05, 3.63) is 30.3 Å². The van der Waals surface area contributed by atoms with Crippen LogP contribution >= 0.6 is 0 Å². The summed E-state index contributed by atoms with van der Waals surface area (Å²) in [5.41, 5.74) is -0.392. The maximum atomic E-state index is 12.9. The van der Waals surface area contributed by atoms with Crippen molar-refractivity contribution in [2.45, 2.75) is 37.3 Å². The third-order valence-electron chi connectivity index (χ3n) is 5.09. The summed E-state index contributed by atoms with van der Waals surface area (Å²) in [6, 6.07) is 9.82. The zero-order valence-electron chi connectivity index (χ0n) is 14.0. The highest BCUT2D eigenvalue weighted by Crippen LogP contribution is 2.29. The molecular weight excluding hydrogens is 308 g/mol. The summed E-state index contributed by atoms with van der Waals surface area (Å²) in [6.45, 7) is 1.63. The van der Waals surface area contributed by atoms with E-state index in [2.05, 4.69) is 9.64 Å². The molecule has 0 saturated carbocycles.